The summed E-state index contributed by atoms with van der Waals surface area (Å²) in [5.74, 6) is -0.894. The number of ether oxygens (including phenoxy) is 3. The minimum Gasteiger partial charge on any atom is -0.462 e. The molecule has 0 saturated carbocycles. The van der Waals surface area contributed by atoms with Crippen LogP contribution in [0.4, 0.5) is 0 Å². The predicted molar refractivity (Wildman–Crippen MR) is 353 cm³/mol. The molecule has 1 atom stereocenters. The van der Waals surface area contributed by atoms with Crippen LogP contribution >= 0.6 is 0 Å². The van der Waals surface area contributed by atoms with E-state index in [1.54, 1.807) is 0 Å². The Morgan fingerprint density at radius 3 is 0.778 bits per heavy atom. The van der Waals surface area contributed by atoms with Gasteiger partial charge >= 0.3 is 17.9 Å². The number of hydrogen-bond acceptors (Lipinski definition) is 6. The van der Waals surface area contributed by atoms with Crippen molar-refractivity contribution >= 4 is 17.9 Å². The van der Waals surface area contributed by atoms with Gasteiger partial charge in [-0.2, -0.15) is 0 Å². The normalized spacial score (nSPS) is 12.8. The molecule has 6 heteroatoms. The zero-order valence-electron chi connectivity index (χ0n) is 53.3. The number of carbonyl (C=O) groups excluding carboxylic acids is 3. The summed E-state index contributed by atoms with van der Waals surface area (Å²) in [5, 5.41) is 0. The van der Waals surface area contributed by atoms with Crippen molar-refractivity contribution in [1.29, 1.82) is 0 Å². The van der Waals surface area contributed by atoms with E-state index in [0.717, 1.165) is 116 Å². The van der Waals surface area contributed by atoms with Gasteiger partial charge in [0.1, 0.15) is 13.2 Å². The van der Waals surface area contributed by atoms with Crippen LogP contribution in [0.1, 0.15) is 329 Å². The van der Waals surface area contributed by atoms with Crippen LogP contribution in [0, 0.1) is 0 Å². The van der Waals surface area contributed by atoms with Crippen molar-refractivity contribution in [3.8, 4) is 0 Å². The number of hydrogen-bond donors (Lipinski definition) is 0. The van der Waals surface area contributed by atoms with Crippen LogP contribution < -0.4 is 0 Å². The number of carbonyl (C=O) groups is 3. The molecule has 0 aromatic heterocycles. The minimum absolute atomic E-state index is 0.0856. The van der Waals surface area contributed by atoms with E-state index in [2.05, 4.69) is 130 Å². The van der Waals surface area contributed by atoms with E-state index < -0.39 is 6.10 Å². The van der Waals surface area contributed by atoms with Crippen LogP contribution in [-0.2, 0) is 28.6 Å². The van der Waals surface area contributed by atoms with Gasteiger partial charge in [-0.3, -0.25) is 14.4 Å². The van der Waals surface area contributed by atoms with Crippen molar-refractivity contribution in [3.05, 3.63) is 109 Å². The van der Waals surface area contributed by atoms with Crippen LogP contribution in [0.15, 0.2) is 109 Å². The summed E-state index contributed by atoms with van der Waals surface area (Å²) in [6.45, 7) is 6.52. The van der Waals surface area contributed by atoms with Crippen LogP contribution in [-0.4, -0.2) is 37.2 Å². The molecular weight excluding hydrogens is 997 g/mol. The van der Waals surface area contributed by atoms with E-state index in [0.29, 0.717) is 19.3 Å². The van der Waals surface area contributed by atoms with E-state index in [1.807, 2.05) is 0 Å². The fourth-order valence-electron chi connectivity index (χ4n) is 9.59. The first kappa shape index (κ1) is 77.1. The molecule has 0 saturated heterocycles. The quantitative estimate of drug-likeness (QED) is 0.0261. The van der Waals surface area contributed by atoms with Gasteiger partial charge in [-0.15, -0.1) is 0 Å². The highest BCUT2D eigenvalue weighted by Crippen LogP contribution is 2.16. The maximum Gasteiger partial charge on any atom is 0.306 e. The van der Waals surface area contributed by atoms with Gasteiger partial charge in [-0.25, -0.2) is 0 Å². The predicted octanol–water partition coefficient (Wildman–Crippen LogP) is 23.8. The molecule has 81 heavy (non-hydrogen) atoms. The zero-order valence-corrected chi connectivity index (χ0v) is 53.3. The van der Waals surface area contributed by atoms with Gasteiger partial charge in [0.25, 0.3) is 0 Å². The molecule has 0 bridgehead atoms. The first-order chi connectivity index (χ1) is 40.0. The number of allylic oxidation sites excluding steroid dienone is 18. The highest BCUT2D eigenvalue weighted by molar-refractivity contribution is 5.71. The second kappa shape index (κ2) is 68.6. The molecule has 6 nitrogen and oxygen atoms in total. The summed E-state index contributed by atoms with van der Waals surface area (Å²) in [5.41, 5.74) is 0. The topological polar surface area (TPSA) is 78.9 Å². The number of unbranched alkanes of at least 4 members (excludes halogenated alkanes) is 33. The fraction of sp³-hybridized carbons (Fsp3) is 0.720. The summed E-state index contributed by atoms with van der Waals surface area (Å²) < 4.78 is 17.0. The van der Waals surface area contributed by atoms with E-state index in [9.17, 15) is 14.4 Å². The Bertz CT molecular complexity index is 1620. The molecule has 0 fully saturated rings. The molecule has 0 aromatic carbocycles. The van der Waals surface area contributed by atoms with Gasteiger partial charge in [0.2, 0.25) is 0 Å². The van der Waals surface area contributed by atoms with Crippen molar-refractivity contribution in [3.63, 3.8) is 0 Å². The molecule has 0 amide bonds. The Kier molecular flexibility index (Phi) is 65.2. The average Bonchev–Trinajstić information content (AvgIpc) is 3.47. The molecule has 0 aromatic rings. The third kappa shape index (κ3) is 66.8. The van der Waals surface area contributed by atoms with E-state index in [1.165, 1.54) is 173 Å². The fourth-order valence-corrected chi connectivity index (χ4v) is 9.59. The molecule has 0 radical (unpaired) electrons. The monoisotopic (exact) mass is 1120 g/mol. The molecule has 0 aliphatic heterocycles. The molecule has 0 aliphatic rings. The van der Waals surface area contributed by atoms with E-state index in [4.69, 9.17) is 14.2 Å². The van der Waals surface area contributed by atoms with Crippen LogP contribution in [0.5, 0.6) is 0 Å². The highest BCUT2D eigenvalue weighted by Gasteiger charge is 2.19. The molecule has 0 N–H and O–H groups in total. The van der Waals surface area contributed by atoms with Crippen molar-refractivity contribution in [2.45, 2.75) is 335 Å². The SMILES string of the molecule is CC/C=C\C/C=C\C/C=C\C/C=C\C/C=C\C/C=C\CCCCCCCCCCCCC(=O)OCC(COC(=O)CCCCCCC/C=C\CCCCCCCCC)OC(=O)CCCCCCCCC/C=C\C/C=C\CCCCCC. The molecule has 0 spiro atoms. The summed E-state index contributed by atoms with van der Waals surface area (Å²) >= 11 is 0. The van der Waals surface area contributed by atoms with E-state index >= 15 is 0 Å². The zero-order chi connectivity index (χ0) is 58.5. The summed E-state index contributed by atoms with van der Waals surface area (Å²) in [7, 11) is 0. The maximum absolute atomic E-state index is 12.9. The van der Waals surface area contributed by atoms with Crippen molar-refractivity contribution in [1.82, 2.24) is 0 Å². The standard InChI is InChI=1S/C75H128O6/c1-4-7-10-13-16-19-22-25-28-31-33-34-35-36-37-38-39-40-41-42-43-45-47-50-53-56-59-62-65-68-74(77)80-71-72(70-79-73(76)67-64-61-58-55-52-49-46-30-27-24-21-18-15-12-9-6-3)81-75(78)69-66-63-60-57-54-51-48-44-32-29-26-23-20-17-14-11-8-5-2/h7,10,16,19-20,23,25,28-30,32-34,36-37,39-40,46,72H,4-6,8-9,11-15,17-18,21-22,24,26-27,31,35,38,41-45,47-71H2,1-3H3/b10-7-,19-16-,23-20-,28-25-,32-29-,34-33-,37-36-,40-39-,46-30-. The Morgan fingerprint density at radius 1 is 0.259 bits per heavy atom. The van der Waals surface area contributed by atoms with Crippen LogP contribution in [0.25, 0.3) is 0 Å². The number of esters is 3. The van der Waals surface area contributed by atoms with Crippen LogP contribution in [0.3, 0.4) is 0 Å². The summed E-state index contributed by atoms with van der Waals surface area (Å²) in [6.07, 6.45) is 93.8. The second-order valence-electron chi connectivity index (χ2n) is 22.7. The molecule has 0 rings (SSSR count). The lowest BCUT2D eigenvalue weighted by Gasteiger charge is -2.18. The van der Waals surface area contributed by atoms with Crippen LogP contribution in [0.2, 0.25) is 0 Å². The largest absolute Gasteiger partial charge is 0.462 e. The lowest BCUT2D eigenvalue weighted by Crippen LogP contribution is -2.30. The highest BCUT2D eigenvalue weighted by atomic mass is 16.6. The Balaban J connectivity index is 4.34. The molecule has 464 valence electrons. The van der Waals surface area contributed by atoms with Crippen molar-refractivity contribution < 1.29 is 28.6 Å². The molecule has 0 heterocycles. The smallest absolute Gasteiger partial charge is 0.306 e. The summed E-state index contributed by atoms with van der Waals surface area (Å²) in [6, 6.07) is 0. The molecule has 0 aliphatic carbocycles. The number of rotatable bonds is 62. The maximum atomic E-state index is 12.9. The van der Waals surface area contributed by atoms with Gasteiger partial charge in [-0.05, 0) is 128 Å². The Hall–Kier alpha value is -3.93. The first-order valence-corrected chi connectivity index (χ1v) is 34.4. The second-order valence-corrected chi connectivity index (χ2v) is 22.7. The van der Waals surface area contributed by atoms with E-state index in [-0.39, 0.29) is 31.1 Å². The summed E-state index contributed by atoms with van der Waals surface area (Å²) in [4.78, 5) is 38.4. The van der Waals surface area contributed by atoms with Gasteiger partial charge in [0, 0.05) is 19.3 Å². The third-order valence-electron chi connectivity index (χ3n) is 14.7. The Morgan fingerprint density at radius 2 is 0.481 bits per heavy atom. The third-order valence-corrected chi connectivity index (χ3v) is 14.7. The van der Waals surface area contributed by atoms with Crippen molar-refractivity contribution in [2.75, 3.05) is 13.2 Å². The molecular formula is C75H128O6. The Labute approximate surface area is 501 Å². The lowest BCUT2D eigenvalue weighted by atomic mass is 10.1. The molecule has 1 unspecified atom stereocenters. The van der Waals surface area contributed by atoms with Gasteiger partial charge in [0.15, 0.2) is 6.10 Å². The lowest BCUT2D eigenvalue weighted by molar-refractivity contribution is -0.167. The average molecular weight is 1130 g/mol. The van der Waals surface area contributed by atoms with Crippen molar-refractivity contribution in [2.24, 2.45) is 0 Å². The first-order valence-electron chi connectivity index (χ1n) is 34.4. The van der Waals surface area contributed by atoms with Gasteiger partial charge in [0.05, 0.1) is 0 Å². The van der Waals surface area contributed by atoms with Gasteiger partial charge < -0.3 is 14.2 Å². The minimum atomic E-state index is -0.790. The van der Waals surface area contributed by atoms with Gasteiger partial charge in [-0.1, -0.05) is 291 Å².